The number of nitrogens with one attached hydrogen (secondary N) is 1. The second kappa shape index (κ2) is 5.58. The van der Waals surface area contributed by atoms with E-state index >= 15 is 0 Å². The van der Waals surface area contributed by atoms with Crippen LogP contribution in [0.1, 0.15) is 16.2 Å². The van der Waals surface area contributed by atoms with E-state index in [4.69, 9.17) is 0 Å². The number of rotatable bonds is 2. The minimum atomic E-state index is -0.261. The fourth-order valence-corrected chi connectivity index (χ4v) is 2.13. The molecule has 0 saturated heterocycles. The maximum Gasteiger partial charge on any atom is 0.274 e. The first-order valence-corrected chi connectivity index (χ1v) is 6.72. The van der Waals surface area contributed by atoms with Gasteiger partial charge in [0.05, 0.1) is 11.4 Å². The summed E-state index contributed by atoms with van der Waals surface area (Å²) in [6, 6.07) is 8.75. The molecule has 0 aliphatic heterocycles. The number of nitrogens with zero attached hydrogens (tertiary/aromatic N) is 2. The Morgan fingerprint density at radius 3 is 2.50 bits per heavy atom. The van der Waals surface area contributed by atoms with E-state index in [0.29, 0.717) is 16.0 Å². The number of aryl methyl sites for hydroxylation is 1. The summed E-state index contributed by atoms with van der Waals surface area (Å²) < 4.78 is 1.36. The molecule has 0 radical (unpaired) electrons. The molecule has 0 unspecified atom stereocenters. The van der Waals surface area contributed by atoms with Gasteiger partial charge in [0.1, 0.15) is 14.9 Å². The summed E-state index contributed by atoms with van der Waals surface area (Å²) >= 11 is 6.50. The molecular formula is C12H9Br2N3O. The van der Waals surface area contributed by atoms with Gasteiger partial charge < -0.3 is 5.32 Å². The molecule has 18 heavy (non-hydrogen) atoms. The molecule has 2 rings (SSSR count). The Balaban J connectivity index is 2.21. The van der Waals surface area contributed by atoms with Crippen LogP contribution in [0, 0.1) is 6.92 Å². The zero-order chi connectivity index (χ0) is 13.1. The molecule has 0 fully saturated rings. The number of carbonyl (C=O) groups excluding carboxylic acids is 1. The Kier molecular flexibility index (Phi) is 4.08. The van der Waals surface area contributed by atoms with Gasteiger partial charge in [-0.15, -0.1) is 0 Å². The lowest BCUT2D eigenvalue weighted by molar-refractivity contribution is 0.102. The summed E-state index contributed by atoms with van der Waals surface area (Å²) in [5.74, 6) is -0.261. The average Bonchev–Trinajstić information content (AvgIpc) is 2.32. The number of amides is 1. The van der Waals surface area contributed by atoms with Crippen LogP contribution in [0.25, 0.3) is 0 Å². The second-order valence-corrected chi connectivity index (χ2v) is 5.19. The Labute approximate surface area is 121 Å². The van der Waals surface area contributed by atoms with Crippen molar-refractivity contribution in [1.82, 2.24) is 9.97 Å². The Hall–Kier alpha value is -1.27. The SMILES string of the molecule is Cc1nc(Br)ccc1NC(=O)c1cccc(Br)n1. The normalized spacial score (nSPS) is 10.2. The quantitative estimate of drug-likeness (QED) is 0.822. The summed E-state index contributed by atoms with van der Waals surface area (Å²) in [5, 5.41) is 2.78. The van der Waals surface area contributed by atoms with Gasteiger partial charge in [-0.25, -0.2) is 9.97 Å². The number of anilines is 1. The van der Waals surface area contributed by atoms with Gasteiger partial charge >= 0.3 is 0 Å². The Bertz CT molecular complexity index is 602. The summed E-state index contributed by atoms with van der Waals surface area (Å²) in [7, 11) is 0. The Morgan fingerprint density at radius 1 is 1.11 bits per heavy atom. The smallest absolute Gasteiger partial charge is 0.274 e. The molecule has 1 amide bonds. The van der Waals surface area contributed by atoms with Gasteiger partial charge in [0.2, 0.25) is 0 Å². The highest BCUT2D eigenvalue weighted by Gasteiger charge is 2.10. The van der Waals surface area contributed by atoms with Crippen molar-refractivity contribution in [2.75, 3.05) is 5.32 Å². The van der Waals surface area contributed by atoms with Gasteiger partial charge in [-0.2, -0.15) is 0 Å². The van der Waals surface area contributed by atoms with Crippen LogP contribution in [-0.2, 0) is 0 Å². The number of pyridine rings is 2. The zero-order valence-electron chi connectivity index (χ0n) is 9.45. The van der Waals surface area contributed by atoms with E-state index in [2.05, 4.69) is 47.1 Å². The van der Waals surface area contributed by atoms with Gasteiger partial charge in [-0.1, -0.05) is 6.07 Å². The van der Waals surface area contributed by atoms with Crippen LogP contribution >= 0.6 is 31.9 Å². The van der Waals surface area contributed by atoms with E-state index in [-0.39, 0.29) is 5.91 Å². The van der Waals surface area contributed by atoms with E-state index in [0.717, 1.165) is 10.3 Å². The van der Waals surface area contributed by atoms with Crippen molar-refractivity contribution >= 4 is 43.5 Å². The van der Waals surface area contributed by atoms with Crippen molar-refractivity contribution in [3.63, 3.8) is 0 Å². The number of halogens is 2. The largest absolute Gasteiger partial charge is 0.319 e. The highest BCUT2D eigenvalue weighted by Crippen LogP contribution is 2.17. The van der Waals surface area contributed by atoms with E-state index in [9.17, 15) is 4.79 Å². The summed E-state index contributed by atoms with van der Waals surface area (Å²) in [5.41, 5.74) is 1.77. The van der Waals surface area contributed by atoms with Crippen LogP contribution in [0.15, 0.2) is 39.5 Å². The Morgan fingerprint density at radius 2 is 1.83 bits per heavy atom. The molecule has 0 saturated carbocycles. The average molecular weight is 371 g/mol. The molecule has 6 heteroatoms. The fraction of sp³-hybridized carbons (Fsp3) is 0.0833. The molecule has 2 aromatic heterocycles. The monoisotopic (exact) mass is 369 g/mol. The molecule has 4 nitrogen and oxygen atoms in total. The molecule has 0 aliphatic rings. The van der Waals surface area contributed by atoms with Gasteiger partial charge in [0, 0.05) is 0 Å². The lowest BCUT2D eigenvalue weighted by Crippen LogP contribution is -2.14. The zero-order valence-corrected chi connectivity index (χ0v) is 12.6. The van der Waals surface area contributed by atoms with Crippen LogP contribution in [0.2, 0.25) is 0 Å². The molecule has 2 heterocycles. The predicted molar refractivity (Wildman–Crippen MR) is 76.6 cm³/mol. The molecule has 0 aromatic carbocycles. The van der Waals surface area contributed by atoms with Crippen LogP contribution in [0.3, 0.4) is 0 Å². The number of hydrogen-bond acceptors (Lipinski definition) is 3. The van der Waals surface area contributed by atoms with Crippen molar-refractivity contribution in [2.45, 2.75) is 6.92 Å². The number of aromatic nitrogens is 2. The standard InChI is InChI=1S/C12H9Br2N3O/c1-7-8(5-6-11(14)15-7)17-12(18)9-3-2-4-10(13)16-9/h2-6H,1H3,(H,17,18). The van der Waals surface area contributed by atoms with Crippen molar-refractivity contribution in [3.05, 3.63) is 50.9 Å². The van der Waals surface area contributed by atoms with Crippen molar-refractivity contribution < 1.29 is 4.79 Å². The number of hydrogen-bond donors (Lipinski definition) is 1. The minimum Gasteiger partial charge on any atom is -0.319 e. The van der Waals surface area contributed by atoms with E-state index in [1.54, 1.807) is 30.3 Å². The molecule has 2 aromatic rings. The van der Waals surface area contributed by atoms with Crippen molar-refractivity contribution in [1.29, 1.82) is 0 Å². The summed E-state index contributed by atoms with van der Waals surface area (Å²) in [6.45, 7) is 1.83. The van der Waals surface area contributed by atoms with Gasteiger partial charge in [0.25, 0.3) is 5.91 Å². The van der Waals surface area contributed by atoms with Crippen LogP contribution < -0.4 is 5.32 Å². The lowest BCUT2D eigenvalue weighted by atomic mass is 10.3. The third-order valence-electron chi connectivity index (χ3n) is 2.25. The van der Waals surface area contributed by atoms with E-state index < -0.39 is 0 Å². The van der Waals surface area contributed by atoms with E-state index in [1.807, 2.05) is 6.92 Å². The van der Waals surface area contributed by atoms with Gasteiger partial charge in [-0.3, -0.25) is 4.79 Å². The third kappa shape index (κ3) is 3.14. The number of carbonyl (C=O) groups is 1. The van der Waals surface area contributed by atoms with Crippen LogP contribution in [-0.4, -0.2) is 15.9 Å². The molecule has 92 valence electrons. The van der Waals surface area contributed by atoms with Crippen LogP contribution in [0.4, 0.5) is 5.69 Å². The maximum absolute atomic E-state index is 12.0. The van der Waals surface area contributed by atoms with E-state index in [1.165, 1.54) is 0 Å². The molecule has 1 N–H and O–H groups in total. The first-order chi connectivity index (χ1) is 8.56. The topological polar surface area (TPSA) is 54.9 Å². The predicted octanol–water partition coefficient (Wildman–Crippen LogP) is 3.56. The lowest BCUT2D eigenvalue weighted by Gasteiger charge is -2.07. The van der Waals surface area contributed by atoms with Gasteiger partial charge in [0.15, 0.2) is 0 Å². The first kappa shape index (κ1) is 13.2. The minimum absolute atomic E-state index is 0.261. The van der Waals surface area contributed by atoms with Crippen molar-refractivity contribution in [2.24, 2.45) is 0 Å². The van der Waals surface area contributed by atoms with Crippen molar-refractivity contribution in [3.8, 4) is 0 Å². The molecule has 0 bridgehead atoms. The molecule has 0 aliphatic carbocycles. The highest BCUT2D eigenvalue weighted by atomic mass is 79.9. The first-order valence-electron chi connectivity index (χ1n) is 5.13. The summed E-state index contributed by atoms with van der Waals surface area (Å²) in [6.07, 6.45) is 0. The summed E-state index contributed by atoms with van der Waals surface area (Å²) in [4.78, 5) is 20.3. The maximum atomic E-state index is 12.0. The fourth-order valence-electron chi connectivity index (χ4n) is 1.38. The molecule has 0 atom stereocenters. The second-order valence-electron chi connectivity index (χ2n) is 3.57. The van der Waals surface area contributed by atoms with Crippen LogP contribution in [0.5, 0.6) is 0 Å². The molecular weight excluding hydrogens is 362 g/mol. The third-order valence-corrected chi connectivity index (χ3v) is 3.13. The molecule has 0 spiro atoms. The van der Waals surface area contributed by atoms with Gasteiger partial charge in [-0.05, 0) is 63.0 Å². The highest BCUT2D eigenvalue weighted by molar-refractivity contribution is 9.10.